The van der Waals surface area contributed by atoms with Crippen molar-refractivity contribution in [2.45, 2.75) is 25.4 Å². The quantitative estimate of drug-likeness (QED) is 0.852. The lowest BCUT2D eigenvalue weighted by Crippen LogP contribution is -2.11. The number of aliphatic hydroxyl groups excluding tert-OH is 1. The molecule has 0 saturated heterocycles. The summed E-state index contributed by atoms with van der Waals surface area (Å²) in [5, 5.41) is 9.90. The third-order valence-corrected chi connectivity index (χ3v) is 2.94. The number of ether oxygens (including phenoxy) is 1. The number of aryl methyl sites for hydroxylation is 1. The summed E-state index contributed by atoms with van der Waals surface area (Å²) in [5.74, 6) is 1.69. The van der Waals surface area contributed by atoms with Gasteiger partial charge in [-0.25, -0.2) is 0 Å². The van der Waals surface area contributed by atoms with Gasteiger partial charge in [0.25, 0.3) is 0 Å². The van der Waals surface area contributed by atoms with Crippen LogP contribution in [0.2, 0.25) is 0 Å². The molecule has 0 aliphatic rings. The number of rotatable bonds is 6. The number of hydrogen-bond acceptors (Lipinski definition) is 3. The van der Waals surface area contributed by atoms with Crippen molar-refractivity contribution in [2.75, 3.05) is 7.11 Å². The van der Waals surface area contributed by atoms with Gasteiger partial charge >= 0.3 is 0 Å². The Morgan fingerprint density at radius 2 is 2.00 bits per heavy atom. The van der Waals surface area contributed by atoms with Crippen LogP contribution in [-0.4, -0.2) is 18.3 Å². The van der Waals surface area contributed by atoms with E-state index in [4.69, 9.17) is 9.15 Å². The first-order valence-corrected chi connectivity index (χ1v) is 6.11. The van der Waals surface area contributed by atoms with Crippen LogP contribution in [0.4, 0.5) is 0 Å². The average molecular weight is 246 g/mol. The van der Waals surface area contributed by atoms with Crippen molar-refractivity contribution in [1.82, 2.24) is 0 Å². The van der Waals surface area contributed by atoms with Gasteiger partial charge in [0, 0.05) is 6.42 Å². The van der Waals surface area contributed by atoms with Crippen molar-refractivity contribution in [3.05, 3.63) is 54.0 Å². The van der Waals surface area contributed by atoms with Crippen LogP contribution in [0.5, 0.6) is 5.75 Å². The van der Waals surface area contributed by atoms with Gasteiger partial charge in [0.2, 0.25) is 0 Å². The van der Waals surface area contributed by atoms with Crippen LogP contribution in [0.1, 0.15) is 17.7 Å². The number of hydrogen-bond donors (Lipinski definition) is 1. The second-order valence-corrected chi connectivity index (χ2v) is 4.32. The zero-order chi connectivity index (χ0) is 12.8. The van der Waals surface area contributed by atoms with E-state index in [9.17, 15) is 5.11 Å². The lowest BCUT2D eigenvalue weighted by Gasteiger charge is -2.09. The molecule has 0 amide bonds. The van der Waals surface area contributed by atoms with Gasteiger partial charge in [-0.05, 0) is 42.7 Å². The lowest BCUT2D eigenvalue weighted by atomic mass is 10.0. The molecule has 0 fully saturated rings. The van der Waals surface area contributed by atoms with Crippen molar-refractivity contribution < 1.29 is 14.3 Å². The summed E-state index contributed by atoms with van der Waals surface area (Å²) in [6.45, 7) is 0. The minimum absolute atomic E-state index is 0.363. The van der Waals surface area contributed by atoms with Crippen molar-refractivity contribution in [2.24, 2.45) is 0 Å². The Hall–Kier alpha value is -1.74. The van der Waals surface area contributed by atoms with Crippen LogP contribution in [-0.2, 0) is 12.8 Å². The molecule has 0 saturated carbocycles. The molecule has 2 rings (SSSR count). The fourth-order valence-corrected chi connectivity index (χ4v) is 1.89. The molecule has 1 unspecified atom stereocenters. The third-order valence-electron chi connectivity index (χ3n) is 2.94. The molecule has 18 heavy (non-hydrogen) atoms. The first-order valence-electron chi connectivity index (χ1n) is 6.11. The summed E-state index contributed by atoms with van der Waals surface area (Å²) in [6.07, 6.45) is 3.42. The zero-order valence-corrected chi connectivity index (χ0v) is 10.5. The molecule has 1 aromatic heterocycles. The van der Waals surface area contributed by atoms with E-state index in [1.54, 1.807) is 13.4 Å². The fraction of sp³-hybridized carbons (Fsp3) is 0.333. The highest BCUT2D eigenvalue weighted by atomic mass is 16.5. The molecule has 3 heteroatoms. The predicted octanol–water partition coefficient (Wildman–Crippen LogP) is 2.82. The smallest absolute Gasteiger partial charge is 0.118 e. The maximum absolute atomic E-state index is 9.90. The SMILES string of the molecule is COc1ccc(CCC(O)Cc2ccco2)cc1. The van der Waals surface area contributed by atoms with Crippen molar-refractivity contribution in [3.63, 3.8) is 0 Å². The molecule has 96 valence electrons. The van der Waals surface area contributed by atoms with E-state index in [0.717, 1.165) is 24.4 Å². The maximum Gasteiger partial charge on any atom is 0.118 e. The molecular formula is C15H18O3. The van der Waals surface area contributed by atoms with Crippen molar-refractivity contribution >= 4 is 0 Å². The molecule has 0 aliphatic heterocycles. The van der Waals surface area contributed by atoms with Crippen LogP contribution >= 0.6 is 0 Å². The number of furan rings is 1. The predicted molar refractivity (Wildman–Crippen MR) is 69.7 cm³/mol. The van der Waals surface area contributed by atoms with Gasteiger partial charge in [-0.2, -0.15) is 0 Å². The molecule has 2 aromatic rings. The minimum Gasteiger partial charge on any atom is -0.497 e. The molecule has 1 aromatic carbocycles. The number of benzene rings is 1. The molecule has 0 aliphatic carbocycles. The average Bonchev–Trinajstić information content (AvgIpc) is 2.90. The van der Waals surface area contributed by atoms with E-state index in [0.29, 0.717) is 6.42 Å². The molecule has 1 atom stereocenters. The lowest BCUT2D eigenvalue weighted by molar-refractivity contribution is 0.158. The summed E-state index contributed by atoms with van der Waals surface area (Å²) in [7, 11) is 1.65. The summed E-state index contributed by atoms with van der Waals surface area (Å²) >= 11 is 0. The molecule has 0 spiro atoms. The Bertz CT molecular complexity index is 445. The molecule has 0 radical (unpaired) electrons. The minimum atomic E-state index is -0.363. The summed E-state index contributed by atoms with van der Waals surface area (Å²) in [4.78, 5) is 0. The van der Waals surface area contributed by atoms with Gasteiger partial charge in [-0.15, -0.1) is 0 Å². The second kappa shape index (κ2) is 6.26. The zero-order valence-electron chi connectivity index (χ0n) is 10.5. The molecule has 3 nitrogen and oxygen atoms in total. The van der Waals surface area contributed by atoms with Gasteiger partial charge < -0.3 is 14.3 Å². The third kappa shape index (κ3) is 3.64. The van der Waals surface area contributed by atoms with Gasteiger partial charge in [0.1, 0.15) is 11.5 Å². The topological polar surface area (TPSA) is 42.6 Å². The Balaban J connectivity index is 1.79. The fourth-order valence-electron chi connectivity index (χ4n) is 1.89. The monoisotopic (exact) mass is 246 g/mol. The first-order chi connectivity index (χ1) is 8.78. The normalized spacial score (nSPS) is 12.3. The summed E-state index contributed by atoms with van der Waals surface area (Å²) in [6, 6.07) is 11.7. The highest BCUT2D eigenvalue weighted by molar-refractivity contribution is 5.27. The van der Waals surface area contributed by atoms with Crippen molar-refractivity contribution in [1.29, 1.82) is 0 Å². The number of aliphatic hydroxyl groups is 1. The van der Waals surface area contributed by atoms with E-state index in [1.807, 2.05) is 36.4 Å². The number of methoxy groups -OCH3 is 1. The highest BCUT2D eigenvalue weighted by Crippen LogP contribution is 2.14. The Labute approximate surface area is 107 Å². The molecular weight excluding hydrogens is 228 g/mol. The Kier molecular flexibility index (Phi) is 4.42. The van der Waals surface area contributed by atoms with Crippen LogP contribution in [0.3, 0.4) is 0 Å². The molecule has 0 bridgehead atoms. The highest BCUT2D eigenvalue weighted by Gasteiger charge is 2.07. The Morgan fingerprint density at radius 1 is 1.22 bits per heavy atom. The van der Waals surface area contributed by atoms with Gasteiger partial charge in [-0.3, -0.25) is 0 Å². The van der Waals surface area contributed by atoms with E-state index >= 15 is 0 Å². The van der Waals surface area contributed by atoms with Crippen LogP contribution < -0.4 is 4.74 Å². The standard InChI is InChI=1S/C15H18O3/c1-17-14-8-5-12(6-9-14)4-7-13(16)11-15-3-2-10-18-15/h2-3,5-6,8-10,13,16H,4,7,11H2,1H3. The van der Waals surface area contributed by atoms with Crippen molar-refractivity contribution in [3.8, 4) is 5.75 Å². The molecule has 1 N–H and O–H groups in total. The molecule has 1 heterocycles. The van der Waals surface area contributed by atoms with Gasteiger partial charge in [0.15, 0.2) is 0 Å². The largest absolute Gasteiger partial charge is 0.497 e. The summed E-state index contributed by atoms with van der Waals surface area (Å²) < 4.78 is 10.3. The first kappa shape index (κ1) is 12.7. The van der Waals surface area contributed by atoms with E-state index < -0.39 is 0 Å². The van der Waals surface area contributed by atoms with Crippen LogP contribution in [0.25, 0.3) is 0 Å². The summed E-state index contributed by atoms with van der Waals surface area (Å²) in [5.41, 5.74) is 1.20. The van der Waals surface area contributed by atoms with Crippen LogP contribution in [0.15, 0.2) is 47.1 Å². The second-order valence-electron chi connectivity index (χ2n) is 4.32. The van der Waals surface area contributed by atoms with E-state index in [1.165, 1.54) is 5.56 Å². The van der Waals surface area contributed by atoms with E-state index in [2.05, 4.69) is 0 Å². The maximum atomic E-state index is 9.90. The van der Waals surface area contributed by atoms with Gasteiger partial charge in [-0.1, -0.05) is 12.1 Å². The van der Waals surface area contributed by atoms with Gasteiger partial charge in [0.05, 0.1) is 19.5 Å². The van der Waals surface area contributed by atoms with Crippen LogP contribution in [0, 0.1) is 0 Å². The van der Waals surface area contributed by atoms with E-state index in [-0.39, 0.29) is 6.10 Å². The Morgan fingerprint density at radius 3 is 2.61 bits per heavy atom.